The standard InChI is InChI=1S/C24H34N6/c25-13-8-3-1-2-5-11-19-16-28-23-21(29-24(26)30-22(19)23)18-12-14-27-20(15-18)17-9-6-4-7-10-17/h4,6-7,9-10,16,18,20,27-28H,1-3,5,8,11-15,25H2,(H2,26,29,30). The molecule has 0 radical (unpaired) electrons. The normalized spacial score (nSPS) is 19.4. The lowest BCUT2D eigenvalue weighted by Crippen LogP contribution is -2.31. The number of hydrogen-bond acceptors (Lipinski definition) is 5. The number of anilines is 1. The molecule has 2 unspecified atom stereocenters. The summed E-state index contributed by atoms with van der Waals surface area (Å²) in [6, 6.07) is 11.0. The fourth-order valence-electron chi connectivity index (χ4n) is 4.68. The molecule has 2 aromatic heterocycles. The average molecular weight is 407 g/mol. The van der Waals surface area contributed by atoms with E-state index >= 15 is 0 Å². The number of fused-ring (bicyclic) bond motifs is 1. The molecule has 0 saturated carbocycles. The van der Waals surface area contributed by atoms with E-state index in [1.165, 1.54) is 36.8 Å². The molecule has 30 heavy (non-hydrogen) atoms. The van der Waals surface area contributed by atoms with Crippen LogP contribution in [0.4, 0.5) is 5.95 Å². The van der Waals surface area contributed by atoms with E-state index in [1.807, 2.05) is 0 Å². The number of aryl methyl sites for hydroxylation is 1. The van der Waals surface area contributed by atoms with Crippen LogP contribution in [0.5, 0.6) is 0 Å². The molecule has 6 nitrogen and oxygen atoms in total. The number of nitrogens with zero attached hydrogens (tertiary/aromatic N) is 2. The van der Waals surface area contributed by atoms with Gasteiger partial charge in [0.2, 0.25) is 5.95 Å². The maximum Gasteiger partial charge on any atom is 0.220 e. The summed E-state index contributed by atoms with van der Waals surface area (Å²) in [4.78, 5) is 12.8. The van der Waals surface area contributed by atoms with Gasteiger partial charge in [-0.15, -0.1) is 0 Å². The van der Waals surface area contributed by atoms with Crippen LogP contribution in [0.3, 0.4) is 0 Å². The molecule has 0 spiro atoms. The van der Waals surface area contributed by atoms with Crippen LogP contribution in [0.25, 0.3) is 11.0 Å². The van der Waals surface area contributed by atoms with Crippen molar-refractivity contribution in [3.63, 3.8) is 0 Å². The van der Waals surface area contributed by atoms with Crippen LogP contribution in [-0.4, -0.2) is 28.0 Å². The van der Waals surface area contributed by atoms with E-state index < -0.39 is 0 Å². The zero-order valence-corrected chi connectivity index (χ0v) is 17.7. The third-order valence-corrected chi connectivity index (χ3v) is 6.29. The molecule has 1 saturated heterocycles. The molecule has 2 atom stereocenters. The second-order valence-electron chi connectivity index (χ2n) is 8.45. The lowest BCUT2D eigenvalue weighted by molar-refractivity contribution is 0.366. The first kappa shape index (κ1) is 20.8. The molecule has 1 aromatic carbocycles. The van der Waals surface area contributed by atoms with Gasteiger partial charge in [-0.3, -0.25) is 0 Å². The average Bonchev–Trinajstić information content (AvgIpc) is 3.19. The van der Waals surface area contributed by atoms with E-state index in [4.69, 9.17) is 16.5 Å². The molecule has 1 aliphatic heterocycles. The van der Waals surface area contributed by atoms with Crippen LogP contribution >= 0.6 is 0 Å². The topological polar surface area (TPSA) is 106 Å². The molecule has 6 N–H and O–H groups in total. The summed E-state index contributed by atoms with van der Waals surface area (Å²) in [7, 11) is 0. The molecule has 3 heterocycles. The van der Waals surface area contributed by atoms with Crippen molar-refractivity contribution in [2.45, 2.75) is 63.3 Å². The Morgan fingerprint density at radius 1 is 1.00 bits per heavy atom. The number of piperidine rings is 1. The number of rotatable bonds is 9. The lowest BCUT2D eigenvalue weighted by atomic mass is 9.86. The fraction of sp³-hybridized carbons (Fsp3) is 0.500. The Balaban J connectivity index is 1.49. The van der Waals surface area contributed by atoms with E-state index in [1.54, 1.807) is 0 Å². The van der Waals surface area contributed by atoms with Crippen LogP contribution in [0.15, 0.2) is 36.5 Å². The van der Waals surface area contributed by atoms with Gasteiger partial charge < -0.3 is 21.8 Å². The number of nitrogens with two attached hydrogens (primary N) is 2. The molecule has 0 amide bonds. The van der Waals surface area contributed by atoms with Crippen molar-refractivity contribution in [3.8, 4) is 0 Å². The van der Waals surface area contributed by atoms with Crippen molar-refractivity contribution in [2.75, 3.05) is 18.8 Å². The third-order valence-electron chi connectivity index (χ3n) is 6.29. The molecular formula is C24H34N6. The van der Waals surface area contributed by atoms with Gasteiger partial charge in [0.1, 0.15) is 0 Å². The molecule has 4 rings (SSSR count). The highest BCUT2D eigenvalue weighted by Crippen LogP contribution is 2.36. The molecule has 160 valence electrons. The van der Waals surface area contributed by atoms with Crippen molar-refractivity contribution in [1.82, 2.24) is 20.3 Å². The summed E-state index contributed by atoms with van der Waals surface area (Å²) in [6.45, 7) is 1.77. The molecule has 1 fully saturated rings. The van der Waals surface area contributed by atoms with Gasteiger partial charge in [0, 0.05) is 18.2 Å². The van der Waals surface area contributed by atoms with Crippen LogP contribution in [0, 0.1) is 0 Å². The third kappa shape index (κ3) is 4.82. The Kier molecular flexibility index (Phi) is 6.97. The highest BCUT2D eigenvalue weighted by atomic mass is 15.0. The van der Waals surface area contributed by atoms with Crippen LogP contribution in [0.1, 0.15) is 73.7 Å². The lowest BCUT2D eigenvalue weighted by Gasteiger charge is -2.30. The Bertz CT molecular complexity index is 936. The fourth-order valence-corrected chi connectivity index (χ4v) is 4.68. The number of nitrogens with one attached hydrogen (secondary N) is 2. The van der Waals surface area contributed by atoms with Gasteiger partial charge in [0.05, 0.1) is 16.7 Å². The second-order valence-corrected chi connectivity index (χ2v) is 8.45. The highest BCUT2D eigenvalue weighted by molar-refractivity contribution is 5.82. The van der Waals surface area contributed by atoms with Gasteiger partial charge in [0.25, 0.3) is 0 Å². The van der Waals surface area contributed by atoms with Crippen LogP contribution in [0.2, 0.25) is 0 Å². The minimum atomic E-state index is 0.346. The Morgan fingerprint density at radius 2 is 1.80 bits per heavy atom. The number of aromatic nitrogens is 3. The van der Waals surface area contributed by atoms with Crippen molar-refractivity contribution >= 4 is 17.0 Å². The van der Waals surface area contributed by atoms with E-state index in [2.05, 4.69) is 51.8 Å². The summed E-state index contributed by atoms with van der Waals surface area (Å²) in [6.07, 6.45) is 11.2. The number of H-pyrrole nitrogens is 1. The first-order valence-corrected chi connectivity index (χ1v) is 11.4. The molecular weight excluding hydrogens is 372 g/mol. The Hall–Kier alpha value is -2.44. The van der Waals surface area contributed by atoms with Crippen molar-refractivity contribution < 1.29 is 0 Å². The minimum absolute atomic E-state index is 0.346. The summed E-state index contributed by atoms with van der Waals surface area (Å²) in [5.41, 5.74) is 17.5. The maximum atomic E-state index is 6.15. The number of unbranched alkanes of at least 4 members (excludes halogenated alkanes) is 4. The number of nitrogen functional groups attached to an aromatic ring is 1. The SMILES string of the molecule is NCCCCCCCc1c[nH]c2c(C3CCNC(c4ccccc4)C3)nc(N)nc12. The molecule has 0 bridgehead atoms. The largest absolute Gasteiger partial charge is 0.368 e. The maximum absolute atomic E-state index is 6.15. The van der Waals surface area contributed by atoms with Crippen molar-refractivity contribution in [2.24, 2.45) is 5.73 Å². The van der Waals surface area contributed by atoms with Gasteiger partial charge in [0.15, 0.2) is 0 Å². The predicted molar refractivity (Wildman–Crippen MR) is 123 cm³/mol. The van der Waals surface area contributed by atoms with E-state index in [0.717, 1.165) is 55.5 Å². The smallest absolute Gasteiger partial charge is 0.220 e. The first-order valence-electron chi connectivity index (χ1n) is 11.4. The monoisotopic (exact) mass is 406 g/mol. The second kappa shape index (κ2) is 10.0. The van der Waals surface area contributed by atoms with Gasteiger partial charge in [-0.2, -0.15) is 0 Å². The Morgan fingerprint density at radius 3 is 2.63 bits per heavy atom. The van der Waals surface area contributed by atoms with Crippen LogP contribution in [-0.2, 0) is 6.42 Å². The first-order chi connectivity index (χ1) is 14.8. The summed E-state index contributed by atoms with van der Waals surface area (Å²) in [5.74, 6) is 0.753. The van der Waals surface area contributed by atoms with Crippen LogP contribution < -0.4 is 16.8 Å². The number of hydrogen-bond donors (Lipinski definition) is 4. The number of benzene rings is 1. The zero-order chi connectivity index (χ0) is 20.8. The van der Waals surface area contributed by atoms with Gasteiger partial charge >= 0.3 is 0 Å². The molecule has 6 heteroatoms. The summed E-state index contributed by atoms with van der Waals surface area (Å²) >= 11 is 0. The van der Waals surface area contributed by atoms with E-state index in [-0.39, 0.29) is 0 Å². The summed E-state index contributed by atoms with van der Waals surface area (Å²) < 4.78 is 0. The molecule has 0 aliphatic carbocycles. The van der Waals surface area contributed by atoms with Gasteiger partial charge in [-0.25, -0.2) is 9.97 Å². The molecule has 1 aliphatic rings. The zero-order valence-electron chi connectivity index (χ0n) is 17.7. The highest BCUT2D eigenvalue weighted by Gasteiger charge is 2.27. The Labute approximate surface area is 178 Å². The van der Waals surface area contributed by atoms with Gasteiger partial charge in [-0.05, 0) is 56.3 Å². The predicted octanol–water partition coefficient (Wildman–Crippen LogP) is 4.20. The quantitative estimate of drug-likeness (QED) is 0.399. The minimum Gasteiger partial charge on any atom is -0.368 e. The van der Waals surface area contributed by atoms with Gasteiger partial charge in [-0.1, -0.05) is 49.6 Å². The van der Waals surface area contributed by atoms with Crippen molar-refractivity contribution in [1.29, 1.82) is 0 Å². The van der Waals surface area contributed by atoms with E-state index in [9.17, 15) is 0 Å². The van der Waals surface area contributed by atoms with E-state index in [0.29, 0.717) is 17.9 Å². The number of aromatic amines is 1. The summed E-state index contributed by atoms with van der Waals surface area (Å²) in [5, 5.41) is 3.66. The molecule has 3 aromatic rings. The van der Waals surface area contributed by atoms with Crippen molar-refractivity contribution in [3.05, 3.63) is 53.3 Å².